The molecule has 2 aromatic rings. The number of halogens is 1. The Kier molecular flexibility index (Phi) is 7.02. The van der Waals surface area contributed by atoms with E-state index < -0.39 is 10.0 Å². The van der Waals surface area contributed by atoms with Crippen molar-refractivity contribution in [3.8, 4) is 5.75 Å². The molecular formula is C18H21ClN2O4S. The maximum absolute atomic E-state index is 12.2. The van der Waals surface area contributed by atoms with Crippen LogP contribution in [0, 0.1) is 0 Å². The van der Waals surface area contributed by atoms with Gasteiger partial charge >= 0.3 is 0 Å². The second-order valence-electron chi connectivity index (χ2n) is 5.73. The molecular weight excluding hydrogens is 376 g/mol. The van der Waals surface area contributed by atoms with E-state index in [1.54, 1.807) is 18.2 Å². The minimum Gasteiger partial charge on any atom is -0.495 e. The van der Waals surface area contributed by atoms with E-state index in [0.717, 1.165) is 11.8 Å². The van der Waals surface area contributed by atoms with Crippen molar-refractivity contribution in [3.63, 3.8) is 0 Å². The number of hydrogen-bond donors (Lipinski definition) is 1. The van der Waals surface area contributed by atoms with Gasteiger partial charge in [0, 0.05) is 25.2 Å². The van der Waals surface area contributed by atoms with Gasteiger partial charge in [0.05, 0.1) is 18.4 Å². The number of sulfonamides is 1. The van der Waals surface area contributed by atoms with Gasteiger partial charge in [0.2, 0.25) is 15.9 Å². The summed E-state index contributed by atoms with van der Waals surface area (Å²) in [5.41, 5.74) is 1.38. The third-order valence-corrected chi connectivity index (χ3v) is 5.24. The quantitative estimate of drug-likeness (QED) is 0.743. The number of benzene rings is 2. The van der Waals surface area contributed by atoms with Gasteiger partial charge in [-0.1, -0.05) is 41.9 Å². The summed E-state index contributed by atoms with van der Waals surface area (Å²) in [5, 5.41) is 3.09. The number of rotatable bonds is 8. The topological polar surface area (TPSA) is 75.7 Å². The molecule has 0 saturated carbocycles. The third-order valence-electron chi connectivity index (χ3n) is 3.69. The first-order valence-electron chi connectivity index (χ1n) is 7.92. The molecule has 0 aliphatic carbocycles. The standard InChI is InChI=1S/C18H21ClN2O4S/c1-25-17-9-8-15(12-16(17)19)20-18(22)10-11-21(26(2,23)24)13-14-6-4-3-5-7-14/h3-9,12H,10-11,13H2,1-2H3,(H,20,22). The fourth-order valence-corrected chi connectivity index (χ4v) is 3.41. The molecule has 0 unspecified atom stereocenters. The van der Waals surface area contributed by atoms with E-state index in [4.69, 9.17) is 16.3 Å². The highest BCUT2D eigenvalue weighted by molar-refractivity contribution is 7.88. The van der Waals surface area contributed by atoms with Gasteiger partial charge in [-0.05, 0) is 23.8 Å². The molecule has 0 bridgehead atoms. The molecule has 0 aromatic heterocycles. The van der Waals surface area contributed by atoms with E-state index >= 15 is 0 Å². The average molecular weight is 397 g/mol. The molecule has 6 nitrogen and oxygen atoms in total. The number of carbonyl (C=O) groups excluding carboxylic acids is 1. The number of nitrogens with one attached hydrogen (secondary N) is 1. The predicted molar refractivity (Wildman–Crippen MR) is 103 cm³/mol. The van der Waals surface area contributed by atoms with E-state index in [0.29, 0.717) is 16.5 Å². The van der Waals surface area contributed by atoms with Crippen molar-refractivity contribution >= 4 is 33.2 Å². The highest BCUT2D eigenvalue weighted by atomic mass is 35.5. The third kappa shape index (κ3) is 6.01. The molecule has 0 aliphatic rings. The Morgan fingerprint density at radius 1 is 1.19 bits per heavy atom. The molecule has 0 atom stereocenters. The molecule has 0 fully saturated rings. The molecule has 8 heteroatoms. The number of ether oxygens (including phenoxy) is 1. The second-order valence-corrected chi connectivity index (χ2v) is 8.12. The van der Waals surface area contributed by atoms with Crippen molar-refractivity contribution in [1.29, 1.82) is 0 Å². The first kappa shape index (κ1) is 20.2. The van der Waals surface area contributed by atoms with Crippen LogP contribution in [0.2, 0.25) is 5.02 Å². The van der Waals surface area contributed by atoms with Gasteiger partial charge in [0.25, 0.3) is 0 Å². The monoisotopic (exact) mass is 396 g/mol. The largest absolute Gasteiger partial charge is 0.495 e. The highest BCUT2D eigenvalue weighted by Gasteiger charge is 2.18. The maximum Gasteiger partial charge on any atom is 0.225 e. The summed E-state index contributed by atoms with van der Waals surface area (Å²) in [4.78, 5) is 12.2. The number of carbonyl (C=O) groups is 1. The summed E-state index contributed by atoms with van der Waals surface area (Å²) < 4.78 is 30.3. The Morgan fingerprint density at radius 3 is 2.46 bits per heavy atom. The van der Waals surface area contributed by atoms with Crippen LogP contribution in [0.15, 0.2) is 48.5 Å². The van der Waals surface area contributed by atoms with Crippen LogP contribution < -0.4 is 10.1 Å². The van der Waals surface area contributed by atoms with Gasteiger partial charge in [-0.15, -0.1) is 0 Å². The lowest BCUT2D eigenvalue weighted by Crippen LogP contribution is -2.32. The molecule has 0 aliphatic heterocycles. The van der Waals surface area contributed by atoms with Crippen molar-refractivity contribution in [1.82, 2.24) is 4.31 Å². The summed E-state index contributed by atoms with van der Waals surface area (Å²) in [6.07, 6.45) is 1.17. The van der Waals surface area contributed by atoms with Crippen LogP contribution in [0.3, 0.4) is 0 Å². The van der Waals surface area contributed by atoms with Crippen molar-refractivity contribution in [2.45, 2.75) is 13.0 Å². The van der Waals surface area contributed by atoms with E-state index in [-0.39, 0.29) is 25.4 Å². The zero-order chi connectivity index (χ0) is 19.2. The molecule has 2 rings (SSSR count). The lowest BCUT2D eigenvalue weighted by atomic mass is 10.2. The summed E-state index contributed by atoms with van der Waals surface area (Å²) in [6, 6.07) is 14.1. The van der Waals surface area contributed by atoms with E-state index in [9.17, 15) is 13.2 Å². The predicted octanol–water partition coefficient (Wildman–Crippen LogP) is 3.14. The molecule has 26 heavy (non-hydrogen) atoms. The lowest BCUT2D eigenvalue weighted by Gasteiger charge is -2.20. The van der Waals surface area contributed by atoms with Gasteiger partial charge in [-0.25, -0.2) is 8.42 Å². The van der Waals surface area contributed by atoms with Crippen LogP contribution in [0.5, 0.6) is 5.75 Å². The van der Waals surface area contributed by atoms with Gasteiger partial charge < -0.3 is 10.1 Å². The summed E-state index contributed by atoms with van der Waals surface area (Å²) >= 11 is 6.03. The SMILES string of the molecule is COc1ccc(NC(=O)CCN(Cc2ccccc2)S(C)(=O)=O)cc1Cl. The van der Waals surface area contributed by atoms with Crippen LogP contribution in [0.25, 0.3) is 0 Å². The van der Waals surface area contributed by atoms with Crippen molar-refractivity contribution in [2.24, 2.45) is 0 Å². The smallest absolute Gasteiger partial charge is 0.225 e. The molecule has 0 heterocycles. The van der Waals surface area contributed by atoms with Crippen LogP contribution in [0.4, 0.5) is 5.69 Å². The first-order valence-corrected chi connectivity index (χ1v) is 10.1. The average Bonchev–Trinajstić information content (AvgIpc) is 2.58. The Hall–Kier alpha value is -2.09. The van der Waals surface area contributed by atoms with Crippen LogP contribution in [-0.2, 0) is 21.4 Å². The first-order chi connectivity index (χ1) is 12.3. The molecule has 0 spiro atoms. The molecule has 0 saturated heterocycles. The van der Waals surface area contributed by atoms with E-state index in [1.807, 2.05) is 30.3 Å². The normalized spacial score (nSPS) is 11.4. The Morgan fingerprint density at radius 2 is 1.88 bits per heavy atom. The zero-order valence-electron chi connectivity index (χ0n) is 14.6. The van der Waals surface area contributed by atoms with E-state index in [1.165, 1.54) is 11.4 Å². The molecule has 1 amide bonds. The van der Waals surface area contributed by atoms with Gasteiger partial charge in [0.15, 0.2) is 0 Å². The summed E-state index contributed by atoms with van der Waals surface area (Å²) in [6.45, 7) is 0.310. The molecule has 0 radical (unpaired) electrons. The van der Waals surface area contributed by atoms with Gasteiger partial charge in [-0.2, -0.15) is 4.31 Å². The van der Waals surface area contributed by atoms with Crippen molar-refractivity contribution < 1.29 is 17.9 Å². The number of nitrogens with zero attached hydrogens (tertiary/aromatic N) is 1. The fourth-order valence-electron chi connectivity index (χ4n) is 2.34. The zero-order valence-corrected chi connectivity index (χ0v) is 16.2. The molecule has 2 aromatic carbocycles. The summed E-state index contributed by atoms with van der Waals surface area (Å²) in [7, 11) is -1.93. The van der Waals surface area contributed by atoms with Crippen LogP contribution in [0.1, 0.15) is 12.0 Å². The Balaban J connectivity index is 1.97. The van der Waals surface area contributed by atoms with Gasteiger partial charge in [0.1, 0.15) is 5.75 Å². The minimum atomic E-state index is -3.43. The molecule has 140 valence electrons. The fraction of sp³-hybridized carbons (Fsp3) is 0.278. The number of hydrogen-bond acceptors (Lipinski definition) is 4. The maximum atomic E-state index is 12.2. The number of methoxy groups -OCH3 is 1. The lowest BCUT2D eigenvalue weighted by molar-refractivity contribution is -0.116. The second kappa shape index (κ2) is 9.02. The summed E-state index contributed by atoms with van der Waals surface area (Å²) in [5.74, 6) is 0.212. The molecule has 1 N–H and O–H groups in total. The minimum absolute atomic E-state index is 0.0313. The van der Waals surface area contributed by atoms with Crippen LogP contribution >= 0.6 is 11.6 Å². The number of amides is 1. The van der Waals surface area contributed by atoms with Crippen molar-refractivity contribution in [2.75, 3.05) is 25.2 Å². The Bertz CT molecular complexity index is 857. The van der Waals surface area contributed by atoms with E-state index in [2.05, 4.69) is 5.32 Å². The van der Waals surface area contributed by atoms with Gasteiger partial charge in [-0.3, -0.25) is 4.79 Å². The number of anilines is 1. The van der Waals surface area contributed by atoms with Crippen LogP contribution in [-0.4, -0.2) is 38.5 Å². The Labute approximate surface area is 158 Å². The van der Waals surface area contributed by atoms with Crippen molar-refractivity contribution in [3.05, 3.63) is 59.1 Å². The highest BCUT2D eigenvalue weighted by Crippen LogP contribution is 2.27.